The van der Waals surface area contributed by atoms with Crippen molar-refractivity contribution in [1.82, 2.24) is 4.90 Å². The fourth-order valence-electron chi connectivity index (χ4n) is 1.79. The van der Waals surface area contributed by atoms with Gasteiger partial charge >= 0.3 is 21.1 Å². The molecule has 1 aromatic carbocycles. The van der Waals surface area contributed by atoms with Crippen LogP contribution in [0.25, 0.3) is 0 Å². The number of benzene rings is 1. The number of nitrogens with zero attached hydrogens (tertiary/aromatic N) is 1. The van der Waals surface area contributed by atoms with Crippen LogP contribution in [-0.2, 0) is 32.4 Å². The first-order chi connectivity index (χ1) is 6.81. The molecule has 78 valence electrons. The Kier molecular flexibility index (Phi) is 4.69. The topological polar surface area (TPSA) is 20.3 Å². The van der Waals surface area contributed by atoms with Crippen LogP contribution in [0.3, 0.4) is 0 Å². The molecule has 0 aliphatic carbocycles. The van der Waals surface area contributed by atoms with Gasteiger partial charge in [-0.15, -0.1) is 6.04 Å². The molecule has 0 saturated carbocycles. The molecule has 1 heterocycles. The van der Waals surface area contributed by atoms with Gasteiger partial charge in [0.2, 0.25) is 0 Å². The van der Waals surface area contributed by atoms with Crippen molar-refractivity contribution >= 4 is 6.29 Å². The summed E-state index contributed by atoms with van der Waals surface area (Å²) >= 11 is 0. The van der Waals surface area contributed by atoms with Gasteiger partial charge in [0, 0.05) is 6.54 Å². The molecule has 1 aliphatic heterocycles. The third kappa shape index (κ3) is 2.76. The molecule has 0 amide bonds. The van der Waals surface area contributed by atoms with Gasteiger partial charge in [-0.1, -0.05) is 42.8 Å². The monoisotopic (exact) mass is 371 g/mol. The minimum atomic E-state index is -0.0438. The second kappa shape index (κ2) is 5.58. The van der Waals surface area contributed by atoms with E-state index in [1.165, 1.54) is 5.56 Å². The molecule has 2 atom stereocenters. The van der Waals surface area contributed by atoms with Crippen LogP contribution in [0, 0.1) is 6.92 Å². The largest absolute Gasteiger partial charge is 2.00 e. The van der Waals surface area contributed by atoms with E-state index in [-0.39, 0.29) is 33.1 Å². The van der Waals surface area contributed by atoms with Gasteiger partial charge in [0.1, 0.15) is 0 Å². The molecular formula is C12H13NOW. The fourth-order valence-corrected chi connectivity index (χ4v) is 1.79. The summed E-state index contributed by atoms with van der Waals surface area (Å²) in [6.45, 7) is 4.77. The van der Waals surface area contributed by atoms with Gasteiger partial charge in [-0.05, 0) is 5.56 Å². The molecule has 3 heteroatoms. The van der Waals surface area contributed by atoms with E-state index >= 15 is 0 Å². The summed E-state index contributed by atoms with van der Waals surface area (Å²) in [5, 5.41) is 0. The van der Waals surface area contributed by atoms with Gasteiger partial charge in [-0.3, -0.25) is 0 Å². The van der Waals surface area contributed by atoms with Gasteiger partial charge in [0.25, 0.3) is 0 Å². The van der Waals surface area contributed by atoms with Crippen molar-refractivity contribution in [2.75, 3.05) is 0 Å². The Labute approximate surface area is 105 Å². The first-order valence-electron chi connectivity index (χ1n) is 4.81. The Morgan fingerprint density at radius 3 is 2.60 bits per heavy atom. The molecule has 0 aromatic heterocycles. The summed E-state index contributed by atoms with van der Waals surface area (Å²) in [7, 11) is 0. The average Bonchev–Trinajstić information content (AvgIpc) is 2.24. The molecule has 1 aromatic rings. The van der Waals surface area contributed by atoms with Crippen LogP contribution in [0.4, 0.5) is 0 Å². The molecule has 1 saturated heterocycles. The SMILES string of the molecule is [CH2-]C1CC([C-]=O)N1Cc1ccccc1.[W+2]. The summed E-state index contributed by atoms with van der Waals surface area (Å²) in [4.78, 5) is 12.6. The van der Waals surface area contributed by atoms with Crippen LogP contribution in [0.5, 0.6) is 0 Å². The Bertz CT molecular complexity index is 315. The Hall–Kier alpha value is -0.462. The maximum Gasteiger partial charge on any atom is 2.00 e. The van der Waals surface area contributed by atoms with E-state index in [0.29, 0.717) is 0 Å². The third-order valence-corrected chi connectivity index (χ3v) is 2.71. The normalized spacial score (nSPS) is 25.1. The van der Waals surface area contributed by atoms with Gasteiger partial charge in [-0.2, -0.15) is 0 Å². The van der Waals surface area contributed by atoms with Crippen molar-refractivity contribution in [3.63, 3.8) is 0 Å². The Balaban J connectivity index is 0.00000112. The first kappa shape index (κ1) is 12.6. The van der Waals surface area contributed by atoms with E-state index in [1.54, 1.807) is 0 Å². The number of hydrogen-bond donors (Lipinski definition) is 0. The first-order valence-corrected chi connectivity index (χ1v) is 4.81. The van der Waals surface area contributed by atoms with Crippen LogP contribution in [-0.4, -0.2) is 23.3 Å². The van der Waals surface area contributed by atoms with Crippen LogP contribution in [0.2, 0.25) is 0 Å². The van der Waals surface area contributed by atoms with Crippen LogP contribution in [0.15, 0.2) is 30.3 Å². The van der Waals surface area contributed by atoms with Gasteiger partial charge < -0.3 is 16.6 Å². The molecule has 15 heavy (non-hydrogen) atoms. The van der Waals surface area contributed by atoms with Crippen molar-refractivity contribution in [1.29, 1.82) is 0 Å². The van der Waals surface area contributed by atoms with Gasteiger partial charge in [0.05, 0.1) is 0 Å². The van der Waals surface area contributed by atoms with Gasteiger partial charge in [0.15, 0.2) is 0 Å². The van der Waals surface area contributed by atoms with E-state index in [4.69, 9.17) is 0 Å². The Morgan fingerprint density at radius 2 is 2.07 bits per heavy atom. The number of rotatable bonds is 3. The number of hydrogen-bond acceptors (Lipinski definition) is 2. The molecule has 2 unspecified atom stereocenters. The van der Waals surface area contributed by atoms with Crippen LogP contribution < -0.4 is 0 Å². The number of likely N-dealkylation sites (tertiary alicyclic amines) is 1. The molecule has 1 fully saturated rings. The minimum Gasteiger partial charge on any atom is -0.540 e. The van der Waals surface area contributed by atoms with Gasteiger partial charge in [-0.25, -0.2) is 6.29 Å². The second-order valence-electron chi connectivity index (χ2n) is 3.68. The summed E-state index contributed by atoms with van der Waals surface area (Å²) < 4.78 is 0. The maximum absolute atomic E-state index is 10.5. The molecule has 2 nitrogen and oxygen atoms in total. The second-order valence-corrected chi connectivity index (χ2v) is 3.68. The van der Waals surface area contributed by atoms with Crippen molar-refractivity contribution in [3.8, 4) is 0 Å². The summed E-state index contributed by atoms with van der Waals surface area (Å²) in [6.07, 6.45) is 2.88. The molecule has 2 rings (SSSR count). The zero-order chi connectivity index (χ0) is 9.97. The number of carbonyl (C=O) groups excluding carboxylic acids is 1. The summed E-state index contributed by atoms with van der Waals surface area (Å²) in [5.74, 6) is 0. The fraction of sp³-hybridized carbons (Fsp3) is 0.333. The van der Waals surface area contributed by atoms with Crippen molar-refractivity contribution in [2.45, 2.75) is 25.0 Å². The smallest absolute Gasteiger partial charge is 0.540 e. The third-order valence-electron chi connectivity index (χ3n) is 2.71. The molecule has 1 aliphatic rings. The molecule has 0 N–H and O–H groups in total. The van der Waals surface area contributed by atoms with Crippen molar-refractivity contribution in [2.24, 2.45) is 0 Å². The molecule has 0 bridgehead atoms. The molecule has 0 spiro atoms. The van der Waals surface area contributed by atoms with E-state index in [0.717, 1.165) is 13.0 Å². The summed E-state index contributed by atoms with van der Waals surface area (Å²) in [6, 6.07) is 10.4. The van der Waals surface area contributed by atoms with Crippen LogP contribution in [0.1, 0.15) is 12.0 Å². The van der Waals surface area contributed by atoms with Crippen molar-refractivity contribution < 1.29 is 25.9 Å². The van der Waals surface area contributed by atoms with Crippen LogP contribution >= 0.6 is 0 Å². The molecular weight excluding hydrogens is 358 g/mol. The van der Waals surface area contributed by atoms with Crippen molar-refractivity contribution in [3.05, 3.63) is 42.8 Å². The zero-order valence-electron chi connectivity index (χ0n) is 8.43. The average molecular weight is 371 g/mol. The maximum atomic E-state index is 10.5. The van der Waals surface area contributed by atoms with E-state index < -0.39 is 0 Å². The van der Waals surface area contributed by atoms with E-state index in [2.05, 4.69) is 24.0 Å². The predicted octanol–water partition coefficient (Wildman–Crippen LogP) is 1.57. The van der Waals surface area contributed by atoms with E-state index in [1.807, 2.05) is 24.5 Å². The minimum absolute atomic E-state index is 0. The standard InChI is InChI=1S/C12H13NO.W/c1-10-7-12(9-14)13(10)8-11-5-3-2-4-6-11;/h2-6,10,12H,1,7-8H2;/q-2;+2. The molecule has 0 radical (unpaired) electrons. The quantitative estimate of drug-likeness (QED) is 0.753. The predicted molar refractivity (Wildman–Crippen MR) is 55.2 cm³/mol. The zero-order valence-corrected chi connectivity index (χ0v) is 11.4. The van der Waals surface area contributed by atoms with E-state index in [9.17, 15) is 4.79 Å². The summed E-state index contributed by atoms with van der Waals surface area (Å²) in [5.41, 5.74) is 1.22. The Morgan fingerprint density at radius 1 is 1.40 bits per heavy atom.